The monoisotopic (exact) mass is 265 g/mol. The molecule has 0 saturated carbocycles. The molecule has 4 nitrogen and oxygen atoms in total. The predicted molar refractivity (Wildman–Crippen MR) is 71.3 cm³/mol. The van der Waals surface area contributed by atoms with Gasteiger partial charge in [0.1, 0.15) is 0 Å². The molecule has 17 heavy (non-hydrogen) atoms. The highest BCUT2D eigenvalue weighted by molar-refractivity contribution is 7.23. The van der Waals surface area contributed by atoms with Crippen molar-refractivity contribution in [3.05, 3.63) is 29.2 Å². The van der Waals surface area contributed by atoms with E-state index in [9.17, 15) is 4.79 Å². The van der Waals surface area contributed by atoms with E-state index in [0.29, 0.717) is 5.13 Å². The average Bonchev–Trinajstić information content (AvgIpc) is 2.84. The Bertz CT molecular complexity index is 539. The van der Waals surface area contributed by atoms with Gasteiger partial charge < -0.3 is 0 Å². The number of amides is 1. The molecule has 0 aromatic carbocycles. The van der Waals surface area contributed by atoms with Crippen LogP contribution in [0.25, 0.3) is 9.88 Å². The SMILES string of the molecule is CC(C)=CC(=O)Nc1nnc(-c2cccs2)s1. The van der Waals surface area contributed by atoms with Crippen molar-refractivity contribution in [1.82, 2.24) is 10.2 Å². The number of hydrogen-bond donors (Lipinski definition) is 1. The lowest BCUT2D eigenvalue weighted by Crippen LogP contribution is -2.07. The van der Waals surface area contributed by atoms with Crippen molar-refractivity contribution < 1.29 is 4.79 Å². The third-order valence-electron chi connectivity index (χ3n) is 1.81. The van der Waals surface area contributed by atoms with Crippen LogP contribution in [0, 0.1) is 0 Å². The number of nitrogens with zero attached hydrogens (tertiary/aromatic N) is 2. The van der Waals surface area contributed by atoms with Crippen molar-refractivity contribution in [2.24, 2.45) is 0 Å². The molecule has 2 aromatic heterocycles. The molecule has 1 amide bonds. The molecule has 0 aliphatic heterocycles. The van der Waals surface area contributed by atoms with Gasteiger partial charge in [0.2, 0.25) is 11.0 Å². The maximum absolute atomic E-state index is 11.5. The van der Waals surface area contributed by atoms with Gasteiger partial charge in [-0.1, -0.05) is 23.0 Å². The van der Waals surface area contributed by atoms with Gasteiger partial charge in [0.15, 0.2) is 5.01 Å². The molecule has 2 rings (SSSR count). The highest BCUT2D eigenvalue weighted by atomic mass is 32.1. The van der Waals surface area contributed by atoms with Crippen molar-refractivity contribution >= 4 is 33.7 Å². The maximum Gasteiger partial charge on any atom is 0.250 e. The van der Waals surface area contributed by atoms with E-state index in [4.69, 9.17) is 0 Å². The smallest absolute Gasteiger partial charge is 0.250 e. The number of thiophene rings is 1. The number of allylic oxidation sites excluding steroid dienone is 1. The van der Waals surface area contributed by atoms with Gasteiger partial charge in [0.05, 0.1) is 4.88 Å². The zero-order valence-corrected chi connectivity index (χ0v) is 11.1. The number of aromatic nitrogens is 2. The third kappa shape index (κ3) is 3.21. The fraction of sp³-hybridized carbons (Fsp3) is 0.182. The molecule has 0 unspecified atom stereocenters. The van der Waals surface area contributed by atoms with Crippen LogP contribution in [0.4, 0.5) is 5.13 Å². The molecule has 0 aliphatic rings. The average molecular weight is 265 g/mol. The molecule has 0 bridgehead atoms. The van der Waals surface area contributed by atoms with Crippen molar-refractivity contribution in [2.45, 2.75) is 13.8 Å². The molecule has 88 valence electrons. The minimum Gasteiger partial charge on any atom is -0.297 e. The molecular formula is C11H11N3OS2. The predicted octanol–water partition coefficient (Wildman–Crippen LogP) is 3.17. The van der Waals surface area contributed by atoms with Crippen LogP contribution >= 0.6 is 22.7 Å². The fourth-order valence-corrected chi connectivity index (χ4v) is 2.72. The molecule has 6 heteroatoms. The van der Waals surface area contributed by atoms with Gasteiger partial charge >= 0.3 is 0 Å². The van der Waals surface area contributed by atoms with Gasteiger partial charge in [-0.2, -0.15) is 0 Å². The molecule has 2 heterocycles. The number of anilines is 1. The zero-order valence-electron chi connectivity index (χ0n) is 9.43. The number of nitrogens with one attached hydrogen (secondary N) is 1. The van der Waals surface area contributed by atoms with E-state index < -0.39 is 0 Å². The van der Waals surface area contributed by atoms with Crippen LogP contribution in [0.5, 0.6) is 0 Å². The second-order valence-corrected chi connectivity index (χ2v) is 5.53. The van der Waals surface area contributed by atoms with Crippen LogP contribution in [-0.2, 0) is 4.79 Å². The van der Waals surface area contributed by atoms with Crippen LogP contribution in [-0.4, -0.2) is 16.1 Å². The van der Waals surface area contributed by atoms with Crippen molar-refractivity contribution in [2.75, 3.05) is 5.32 Å². The van der Waals surface area contributed by atoms with Crippen LogP contribution < -0.4 is 5.32 Å². The summed E-state index contributed by atoms with van der Waals surface area (Å²) in [4.78, 5) is 12.5. The van der Waals surface area contributed by atoms with Crippen LogP contribution in [0.1, 0.15) is 13.8 Å². The summed E-state index contributed by atoms with van der Waals surface area (Å²) in [5.41, 5.74) is 0.950. The highest BCUT2D eigenvalue weighted by Gasteiger charge is 2.08. The highest BCUT2D eigenvalue weighted by Crippen LogP contribution is 2.29. The van der Waals surface area contributed by atoms with E-state index >= 15 is 0 Å². The molecule has 0 spiro atoms. The number of carbonyl (C=O) groups excluding carboxylic acids is 1. The van der Waals surface area contributed by atoms with E-state index in [1.165, 1.54) is 17.4 Å². The summed E-state index contributed by atoms with van der Waals surface area (Å²) in [6, 6.07) is 3.94. The van der Waals surface area contributed by atoms with E-state index in [1.807, 2.05) is 31.4 Å². The van der Waals surface area contributed by atoms with E-state index in [-0.39, 0.29) is 5.91 Å². The molecule has 0 fully saturated rings. The van der Waals surface area contributed by atoms with Gasteiger partial charge in [-0.05, 0) is 25.3 Å². The van der Waals surface area contributed by atoms with Crippen LogP contribution in [0.2, 0.25) is 0 Å². The summed E-state index contributed by atoms with van der Waals surface area (Å²) < 4.78 is 0. The summed E-state index contributed by atoms with van der Waals surface area (Å²) in [7, 11) is 0. The summed E-state index contributed by atoms with van der Waals surface area (Å²) in [6.07, 6.45) is 1.53. The molecule has 0 saturated heterocycles. The zero-order chi connectivity index (χ0) is 12.3. The first-order valence-electron chi connectivity index (χ1n) is 4.98. The fourth-order valence-electron chi connectivity index (χ4n) is 1.18. The third-order valence-corrected chi connectivity index (χ3v) is 3.68. The maximum atomic E-state index is 11.5. The standard InChI is InChI=1S/C11H11N3OS2/c1-7(2)6-9(15)12-11-14-13-10(17-11)8-4-3-5-16-8/h3-6H,1-2H3,(H,12,14,15). The second-order valence-electron chi connectivity index (χ2n) is 3.60. The Morgan fingerprint density at radius 1 is 1.41 bits per heavy atom. The minimum atomic E-state index is -0.168. The number of carbonyl (C=O) groups is 1. The first kappa shape index (κ1) is 11.9. The van der Waals surface area contributed by atoms with Gasteiger partial charge in [-0.3, -0.25) is 10.1 Å². The lowest BCUT2D eigenvalue weighted by molar-refractivity contribution is -0.111. The van der Waals surface area contributed by atoms with E-state index in [2.05, 4.69) is 15.5 Å². The second kappa shape index (κ2) is 5.20. The summed E-state index contributed by atoms with van der Waals surface area (Å²) in [6.45, 7) is 3.74. The summed E-state index contributed by atoms with van der Waals surface area (Å²) in [5, 5.41) is 14.0. The van der Waals surface area contributed by atoms with Gasteiger partial charge in [-0.15, -0.1) is 21.5 Å². The van der Waals surface area contributed by atoms with Crippen molar-refractivity contribution in [3.63, 3.8) is 0 Å². The Labute approximate surface area is 107 Å². The lowest BCUT2D eigenvalue weighted by atomic mass is 10.3. The first-order chi connectivity index (χ1) is 8.15. The normalized spacial score (nSPS) is 10.0. The molecule has 0 aliphatic carbocycles. The van der Waals surface area contributed by atoms with E-state index in [0.717, 1.165) is 15.5 Å². The molecular weight excluding hydrogens is 254 g/mol. The van der Waals surface area contributed by atoms with Gasteiger partial charge in [-0.25, -0.2) is 0 Å². The number of hydrogen-bond acceptors (Lipinski definition) is 5. The molecule has 2 aromatic rings. The van der Waals surface area contributed by atoms with Crippen LogP contribution in [0.3, 0.4) is 0 Å². The number of rotatable bonds is 3. The summed E-state index contributed by atoms with van der Waals surface area (Å²) in [5.74, 6) is -0.168. The molecule has 1 N–H and O–H groups in total. The quantitative estimate of drug-likeness (QED) is 0.867. The Kier molecular flexibility index (Phi) is 3.65. The van der Waals surface area contributed by atoms with Crippen molar-refractivity contribution in [1.29, 1.82) is 0 Å². The summed E-state index contributed by atoms with van der Waals surface area (Å²) >= 11 is 2.98. The molecule has 0 radical (unpaired) electrons. The van der Waals surface area contributed by atoms with Gasteiger partial charge in [0, 0.05) is 6.08 Å². The van der Waals surface area contributed by atoms with E-state index in [1.54, 1.807) is 11.3 Å². The van der Waals surface area contributed by atoms with Crippen LogP contribution in [0.15, 0.2) is 29.2 Å². The Morgan fingerprint density at radius 2 is 2.24 bits per heavy atom. The first-order valence-corrected chi connectivity index (χ1v) is 6.68. The Morgan fingerprint density at radius 3 is 2.88 bits per heavy atom. The Hall–Kier alpha value is -1.53. The lowest BCUT2D eigenvalue weighted by Gasteiger charge is -1.94. The Balaban J connectivity index is 2.09. The topological polar surface area (TPSA) is 54.9 Å². The molecule has 0 atom stereocenters. The van der Waals surface area contributed by atoms with Crippen molar-refractivity contribution in [3.8, 4) is 9.88 Å². The van der Waals surface area contributed by atoms with Gasteiger partial charge in [0.25, 0.3) is 0 Å². The largest absolute Gasteiger partial charge is 0.297 e. The minimum absolute atomic E-state index is 0.168.